The van der Waals surface area contributed by atoms with Crippen molar-refractivity contribution in [3.05, 3.63) is 39.8 Å². The number of nitrogens with one attached hydrogen (secondary N) is 2. The molecule has 0 saturated carbocycles. The van der Waals surface area contributed by atoms with Gasteiger partial charge in [-0.05, 0) is 19.4 Å². The van der Waals surface area contributed by atoms with Gasteiger partial charge in [-0.15, -0.1) is 35.3 Å². The quantitative estimate of drug-likeness (QED) is 0.268. The number of thiazole rings is 1. The van der Waals surface area contributed by atoms with E-state index in [4.69, 9.17) is 4.74 Å². The van der Waals surface area contributed by atoms with Crippen molar-refractivity contribution in [2.24, 2.45) is 4.99 Å². The number of nitrogens with zero attached hydrogens (tertiary/aromatic N) is 2. The van der Waals surface area contributed by atoms with Gasteiger partial charge in [0, 0.05) is 43.2 Å². The second kappa shape index (κ2) is 13.5. The van der Waals surface area contributed by atoms with Gasteiger partial charge in [-0.25, -0.2) is 4.98 Å². The molecular formula is C19H27F2IN4O2S. The average molecular weight is 540 g/mol. The first-order valence-electron chi connectivity index (χ1n) is 9.14. The molecule has 10 heteroatoms. The topological polar surface area (TPSA) is 67.8 Å². The van der Waals surface area contributed by atoms with Gasteiger partial charge in [0.2, 0.25) is 0 Å². The number of alkyl halides is 2. The number of para-hydroxylation sites is 1. The van der Waals surface area contributed by atoms with Crippen LogP contribution in [0.5, 0.6) is 11.5 Å². The summed E-state index contributed by atoms with van der Waals surface area (Å²) >= 11 is 1.70. The van der Waals surface area contributed by atoms with Gasteiger partial charge in [0.25, 0.3) is 0 Å². The lowest BCUT2D eigenvalue weighted by Gasteiger charge is -2.17. The summed E-state index contributed by atoms with van der Waals surface area (Å²) in [6.07, 6.45) is 3.67. The van der Waals surface area contributed by atoms with Crippen LogP contribution >= 0.6 is 35.3 Å². The second-order valence-electron chi connectivity index (χ2n) is 5.73. The Morgan fingerprint density at radius 2 is 2.07 bits per heavy atom. The number of guanidine groups is 1. The molecule has 29 heavy (non-hydrogen) atoms. The van der Waals surface area contributed by atoms with E-state index in [0.717, 1.165) is 17.8 Å². The zero-order valence-corrected chi connectivity index (χ0v) is 19.9. The molecule has 162 valence electrons. The molecule has 2 N–H and O–H groups in total. The summed E-state index contributed by atoms with van der Waals surface area (Å²) in [4.78, 5) is 9.81. The molecule has 0 bridgehead atoms. The predicted octanol–water partition coefficient (Wildman–Crippen LogP) is 4.23. The SMILES string of the molecule is CCOc1cccc(CNC(=NC)NCCc2ncc(CC)s2)c1OC(F)F.I. The van der Waals surface area contributed by atoms with Crippen LogP contribution in [0, 0.1) is 0 Å². The molecule has 0 amide bonds. The van der Waals surface area contributed by atoms with Crippen LogP contribution in [-0.2, 0) is 19.4 Å². The Labute approximate surface area is 191 Å². The number of halogens is 3. The maximum atomic E-state index is 12.8. The summed E-state index contributed by atoms with van der Waals surface area (Å²) < 4.78 is 35.7. The van der Waals surface area contributed by atoms with E-state index < -0.39 is 6.61 Å². The number of hydrogen-bond donors (Lipinski definition) is 2. The summed E-state index contributed by atoms with van der Waals surface area (Å²) in [5.41, 5.74) is 0.557. The van der Waals surface area contributed by atoms with Crippen LogP contribution in [0.15, 0.2) is 29.4 Å². The minimum atomic E-state index is -2.93. The fourth-order valence-electron chi connectivity index (χ4n) is 2.51. The van der Waals surface area contributed by atoms with E-state index in [-0.39, 0.29) is 36.3 Å². The summed E-state index contributed by atoms with van der Waals surface area (Å²) in [5, 5.41) is 7.38. The molecule has 1 heterocycles. The summed E-state index contributed by atoms with van der Waals surface area (Å²) in [5.74, 6) is 0.898. The fourth-order valence-corrected chi connectivity index (χ4v) is 3.37. The van der Waals surface area contributed by atoms with Gasteiger partial charge in [-0.3, -0.25) is 4.99 Å². The zero-order chi connectivity index (χ0) is 20.4. The summed E-state index contributed by atoms with van der Waals surface area (Å²) in [6, 6.07) is 5.06. The van der Waals surface area contributed by atoms with Crippen LogP contribution in [0.25, 0.3) is 0 Å². The lowest BCUT2D eigenvalue weighted by molar-refractivity contribution is -0.0520. The molecule has 0 aliphatic rings. The van der Waals surface area contributed by atoms with E-state index in [9.17, 15) is 8.78 Å². The molecule has 1 aromatic carbocycles. The Morgan fingerprint density at radius 3 is 2.69 bits per heavy atom. The van der Waals surface area contributed by atoms with Crippen LogP contribution in [0.4, 0.5) is 8.78 Å². The number of aliphatic imine (C=N–C) groups is 1. The van der Waals surface area contributed by atoms with E-state index in [1.165, 1.54) is 4.88 Å². The summed E-state index contributed by atoms with van der Waals surface area (Å²) in [6.45, 7) is 2.25. The Kier molecular flexibility index (Phi) is 11.8. The van der Waals surface area contributed by atoms with Gasteiger partial charge in [-0.1, -0.05) is 19.1 Å². The van der Waals surface area contributed by atoms with Crippen molar-refractivity contribution in [2.75, 3.05) is 20.2 Å². The largest absolute Gasteiger partial charge is 0.490 e. The average Bonchev–Trinajstić information content (AvgIpc) is 3.14. The standard InChI is InChI=1S/C19H26F2N4O2S.HI/c1-4-14-12-24-16(28-14)9-10-23-19(22-3)25-11-13-7-6-8-15(26-5-2)17(13)27-18(20)21;/h6-8,12,18H,4-5,9-11H2,1-3H3,(H2,22,23,25);1H. The molecule has 0 radical (unpaired) electrons. The van der Waals surface area contributed by atoms with Gasteiger partial charge >= 0.3 is 6.61 Å². The van der Waals surface area contributed by atoms with Gasteiger partial charge in [0.15, 0.2) is 17.5 Å². The van der Waals surface area contributed by atoms with Crippen LogP contribution in [-0.4, -0.2) is 37.8 Å². The van der Waals surface area contributed by atoms with Crippen LogP contribution in [0.1, 0.15) is 29.3 Å². The molecule has 0 spiro atoms. The third kappa shape index (κ3) is 8.29. The van der Waals surface area contributed by atoms with E-state index in [1.807, 2.05) is 6.20 Å². The summed E-state index contributed by atoms with van der Waals surface area (Å²) in [7, 11) is 1.65. The monoisotopic (exact) mass is 540 g/mol. The molecule has 6 nitrogen and oxygen atoms in total. The van der Waals surface area contributed by atoms with Crippen molar-refractivity contribution in [1.29, 1.82) is 0 Å². The lowest BCUT2D eigenvalue weighted by Crippen LogP contribution is -2.38. The Balaban J connectivity index is 0.00000420. The van der Waals surface area contributed by atoms with Crippen LogP contribution in [0.3, 0.4) is 0 Å². The first kappa shape index (κ1) is 25.3. The number of aryl methyl sites for hydroxylation is 1. The number of benzene rings is 1. The molecule has 0 fully saturated rings. The fraction of sp³-hybridized carbons (Fsp3) is 0.474. The number of hydrogen-bond acceptors (Lipinski definition) is 5. The Bertz CT molecular complexity index is 774. The molecule has 0 atom stereocenters. The lowest BCUT2D eigenvalue weighted by atomic mass is 10.2. The van der Waals surface area contributed by atoms with E-state index in [0.29, 0.717) is 30.4 Å². The highest BCUT2D eigenvalue weighted by molar-refractivity contribution is 14.0. The van der Waals surface area contributed by atoms with Gasteiger partial charge in [0.1, 0.15) is 0 Å². The maximum absolute atomic E-state index is 12.8. The molecular weight excluding hydrogens is 513 g/mol. The molecule has 2 aromatic rings. The molecule has 0 saturated heterocycles. The second-order valence-corrected chi connectivity index (χ2v) is 6.93. The molecule has 0 unspecified atom stereocenters. The zero-order valence-electron chi connectivity index (χ0n) is 16.7. The van der Waals surface area contributed by atoms with E-state index in [1.54, 1.807) is 43.5 Å². The van der Waals surface area contributed by atoms with Gasteiger partial charge in [-0.2, -0.15) is 8.78 Å². The highest BCUT2D eigenvalue weighted by atomic mass is 127. The molecule has 0 aliphatic carbocycles. The third-order valence-corrected chi connectivity index (χ3v) is 5.02. The predicted molar refractivity (Wildman–Crippen MR) is 123 cm³/mol. The van der Waals surface area contributed by atoms with Gasteiger partial charge in [0.05, 0.1) is 11.6 Å². The normalized spacial score (nSPS) is 11.2. The Morgan fingerprint density at radius 1 is 1.28 bits per heavy atom. The van der Waals surface area contributed by atoms with Crippen molar-refractivity contribution >= 4 is 41.3 Å². The van der Waals surface area contributed by atoms with Crippen molar-refractivity contribution in [1.82, 2.24) is 15.6 Å². The van der Waals surface area contributed by atoms with Crippen molar-refractivity contribution in [3.63, 3.8) is 0 Å². The smallest absolute Gasteiger partial charge is 0.387 e. The van der Waals surface area contributed by atoms with Crippen LogP contribution in [0.2, 0.25) is 0 Å². The highest BCUT2D eigenvalue weighted by Crippen LogP contribution is 2.32. The molecule has 0 aliphatic heterocycles. The first-order chi connectivity index (χ1) is 13.6. The minimum absolute atomic E-state index is 0. The Hall–Kier alpha value is -1.69. The van der Waals surface area contributed by atoms with Crippen molar-refractivity contribution < 1.29 is 18.3 Å². The number of ether oxygens (including phenoxy) is 2. The van der Waals surface area contributed by atoms with Gasteiger partial charge < -0.3 is 20.1 Å². The number of aromatic nitrogens is 1. The van der Waals surface area contributed by atoms with Crippen molar-refractivity contribution in [2.45, 2.75) is 39.8 Å². The van der Waals surface area contributed by atoms with Crippen LogP contribution < -0.4 is 20.1 Å². The molecule has 1 aromatic heterocycles. The number of rotatable bonds is 10. The van der Waals surface area contributed by atoms with Crippen molar-refractivity contribution in [3.8, 4) is 11.5 Å². The molecule has 2 rings (SSSR count). The highest BCUT2D eigenvalue weighted by Gasteiger charge is 2.16. The maximum Gasteiger partial charge on any atom is 0.387 e. The first-order valence-corrected chi connectivity index (χ1v) is 9.96. The van der Waals surface area contributed by atoms with E-state index >= 15 is 0 Å². The third-order valence-electron chi connectivity index (χ3n) is 3.82. The minimum Gasteiger partial charge on any atom is -0.490 e. The van der Waals surface area contributed by atoms with E-state index in [2.05, 4.69) is 32.3 Å².